The molecule has 0 aliphatic carbocycles. The first-order valence-corrected chi connectivity index (χ1v) is 27.1. The summed E-state index contributed by atoms with van der Waals surface area (Å²) in [5.74, 6) is -4.86. The monoisotopic (exact) mass is 1060 g/mol. The molecular formula is C28H52O30S6. The number of carbonyl (C=O) groups is 1. The lowest BCUT2D eigenvalue weighted by molar-refractivity contribution is -0.376. The van der Waals surface area contributed by atoms with E-state index in [-0.39, 0.29) is 6.42 Å². The SMILES string of the molecule is CCCCCCCCCCCCCCCC(=O)OC[C@@]1(O[C@H]2O[C@H](CO)[C@@H](OS(=O)(=O)O)[C@H](OS(=O)(=O)O)[C@H]2OS(=O)(=O)O)O[C@H](COS(=O)(=O)O)[C@@H](OS(=O)(=O)O)[C@@H]1OS(=O)(=O)O. The van der Waals surface area contributed by atoms with Gasteiger partial charge in [0.1, 0.15) is 37.1 Å². The molecule has 0 aromatic rings. The molecule has 0 aromatic carbocycles. The van der Waals surface area contributed by atoms with Gasteiger partial charge in [-0.3, -0.25) is 32.1 Å². The third-order valence-electron chi connectivity index (χ3n) is 8.99. The summed E-state index contributed by atoms with van der Waals surface area (Å²) in [5.41, 5.74) is 0. The van der Waals surface area contributed by atoms with Crippen molar-refractivity contribution in [3.8, 4) is 0 Å². The van der Waals surface area contributed by atoms with Crippen LogP contribution in [0.4, 0.5) is 0 Å². The molecule has 9 atom stereocenters. The zero-order valence-electron chi connectivity index (χ0n) is 33.6. The topological polar surface area (TPSA) is 456 Å². The zero-order chi connectivity index (χ0) is 48.8. The minimum atomic E-state index is -6.05. The Morgan fingerprint density at radius 1 is 0.531 bits per heavy atom. The van der Waals surface area contributed by atoms with Gasteiger partial charge in [0.05, 0.1) is 13.2 Å². The fourth-order valence-corrected chi connectivity index (χ4v) is 9.31. The second-order valence-corrected chi connectivity index (χ2v) is 20.4. The van der Waals surface area contributed by atoms with E-state index in [1.165, 1.54) is 19.3 Å². The van der Waals surface area contributed by atoms with Gasteiger partial charge < -0.3 is 24.1 Å². The van der Waals surface area contributed by atoms with Crippen molar-refractivity contribution in [2.24, 2.45) is 0 Å². The quantitative estimate of drug-likeness (QED) is 0.0256. The van der Waals surface area contributed by atoms with E-state index in [0.29, 0.717) is 12.8 Å². The van der Waals surface area contributed by atoms with Crippen LogP contribution in [0.25, 0.3) is 0 Å². The van der Waals surface area contributed by atoms with Crippen molar-refractivity contribution in [1.29, 1.82) is 0 Å². The van der Waals surface area contributed by atoms with E-state index >= 15 is 0 Å². The summed E-state index contributed by atoms with van der Waals surface area (Å²) < 4.78 is 246. The van der Waals surface area contributed by atoms with Crippen LogP contribution in [0.3, 0.4) is 0 Å². The van der Waals surface area contributed by atoms with Gasteiger partial charge in [-0.15, -0.1) is 0 Å². The molecule has 0 amide bonds. The third kappa shape index (κ3) is 23.0. The van der Waals surface area contributed by atoms with Crippen LogP contribution in [0.2, 0.25) is 0 Å². The molecule has 36 heteroatoms. The lowest BCUT2D eigenvalue weighted by Gasteiger charge is -2.45. The van der Waals surface area contributed by atoms with Crippen LogP contribution in [0.15, 0.2) is 0 Å². The van der Waals surface area contributed by atoms with Crippen molar-refractivity contribution in [3.05, 3.63) is 0 Å². The summed E-state index contributed by atoms with van der Waals surface area (Å²) in [6.45, 7) is -2.88. The number of esters is 1. The van der Waals surface area contributed by atoms with Crippen LogP contribution in [-0.4, -0.2) is 164 Å². The van der Waals surface area contributed by atoms with Gasteiger partial charge >= 0.3 is 68.4 Å². The van der Waals surface area contributed by atoms with Crippen LogP contribution in [0, 0.1) is 0 Å². The van der Waals surface area contributed by atoms with Crippen molar-refractivity contribution in [2.75, 3.05) is 19.8 Å². The zero-order valence-corrected chi connectivity index (χ0v) is 38.5. The summed E-state index contributed by atoms with van der Waals surface area (Å²) in [6, 6.07) is 0. The molecular weight excluding hydrogens is 1010 g/mol. The van der Waals surface area contributed by atoms with E-state index in [9.17, 15) is 87.7 Å². The second kappa shape index (κ2) is 25.2. The molecule has 2 aliphatic heterocycles. The molecule has 2 rings (SSSR count). The van der Waals surface area contributed by atoms with E-state index < -0.39 is 149 Å². The van der Waals surface area contributed by atoms with Gasteiger partial charge in [0.15, 0.2) is 18.5 Å². The highest BCUT2D eigenvalue weighted by molar-refractivity contribution is 7.82. The Bertz CT molecular complexity index is 2150. The normalized spacial score (nSPS) is 27.4. The molecule has 0 unspecified atom stereocenters. The molecule has 2 heterocycles. The molecule has 380 valence electrons. The first-order valence-electron chi connectivity index (χ1n) is 18.9. The van der Waals surface area contributed by atoms with E-state index in [1.54, 1.807) is 0 Å². The van der Waals surface area contributed by atoms with Gasteiger partial charge in [0, 0.05) is 6.42 Å². The maximum absolute atomic E-state index is 13.1. The number of hydrogen-bond donors (Lipinski definition) is 7. The fraction of sp³-hybridized carbons (Fsp3) is 0.964. The van der Waals surface area contributed by atoms with E-state index in [4.69, 9.17) is 18.9 Å². The molecule has 2 aliphatic rings. The fourth-order valence-electron chi connectivity index (χ4n) is 6.48. The maximum atomic E-state index is 13.1. The number of carbonyl (C=O) groups excluding carboxylic acids is 1. The molecule has 0 spiro atoms. The van der Waals surface area contributed by atoms with Crippen LogP contribution in [0.1, 0.15) is 96.8 Å². The summed E-state index contributed by atoms with van der Waals surface area (Å²) in [4.78, 5) is 13.1. The molecule has 0 radical (unpaired) electrons. The Balaban J connectivity index is 2.61. The highest BCUT2D eigenvalue weighted by Crippen LogP contribution is 2.42. The van der Waals surface area contributed by atoms with Crippen molar-refractivity contribution in [2.45, 2.75) is 152 Å². The predicted molar refractivity (Wildman–Crippen MR) is 205 cm³/mol. The largest absolute Gasteiger partial charge is 0.460 e. The number of unbranched alkanes of at least 4 members (excludes halogenated alkanes) is 12. The van der Waals surface area contributed by atoms with Gasteiger partial charge in [-0.1, -0.05) is 84.0 Å². The predicted octanol–water partition coefficient (Wildman–Crippen LogP) is -0.401. The van der Waals surface area contributed by atoms with E-state index in [1.807, 2.05) is 0 Å². The number of aliphatic hydroxyl groups is 1. The second-order valence-electron chi connectivity index (χ2n) is 14.1. The van der Waals surface area contributed by atoms with Crippen molar-refractivity contribution < 1.29 is 132 Å². The van der Waals surface area contributed by atoms with Crippen LogP contribution >= 0.6 is 0 Å². The minimum absolute atomic E-state index is 0.132. The first kappa shape index (κ1) is 58.7. The molecule has 2 saturated heterocycles. The maximum Gasteiger partial charge on any atom is 0.397 e. The Hall–Kier alpha value is -1.47. The summed E-state index contributed by atoms with van der Waals surface area (Å²) in [6.07, 6.45) is -11.9. The van der Waals surface area contributed by atoms with Gasteiger partial charge in [-0.05, 0) is 6.42 Å². The number of aliphatic hydroxyl groups excluding tert-OH is 1. The Morgan fingerprint density at radius 3 is 1.39 bits per heavy atom. The van der Waals surface area contributed by atoms with Crippen molar-refractivity contribution in [1.82, 2.24) is 0 Å². The van der Waals surface area contributed by atoms with Crippen LogP contribution < -0.4 is 0 Å². The van der Waals surface area contributed by atoms with Gasteiger partial charge in [-0.25, -0.2) is 25.1 Å². The number of ether oxygens (including phenoxy) is 4. The Morgan fingerprint density at radius 2 is 0.953 bits per heavy atom. The average Bonchev–Trinajstić information content (AvgIpc) is 3.37. The smallest absolute Gasteiger partial charge is 0.397 e. The molecule has 0 aromatic heterocycles. The van der Waals surface area contributed by atoms with Crippen LogP contribution in [-0.2, 0) is 111 Å². The summed E-state index contributed by atoms with van der Waals surface area (Å²) in [7, 11) is -35.4. The minimum Gasteiger partial charge on any atom is -0.460 e. The van der Waals surface area contributed by atoms with E-state index in [2.05, 4.69) is 32.0 Å². The summed E-state index contributed by atoms with van der Waals surface area (Å²) >= 11 is 0. The molecule has 2 fully saturated rings. The average molecular weight is 1060 g/mol. The van der Waals surface area contributed by atoms with Crippen molar-refractivity contribution in [3.63, 3.8) is 0 Å². The third-order valence-corrected chi connectivity index (χ3v) is 11.7. The molecule has 0 bridgehead atoms. The van der Waals surface area contributed by atoms with E-state index in [0.717, 1.165) is 44.9 Å². The Kier molecular flexibility index (Phi) is 23.1. The molecule has 0 saturated carbocycles. The van der Waals surface area contributed by atoms with Crippen LogP contribution in [0.5, 0.6) is 0 Å². The lowest BCUT2D eigenvalue weighted by atomic mass is 9.99. The van der Waals surface area contributed by atoms with Gasteiger partial charge in [0.2, 0.25) is 5.79 Å². The molecule has 30 nitrogen and oxygen atoms in total. The van der Waals surface area contributed by atoms with Gasteiger partial charge in [-0.2, -0.15) is 50.5 Å². The highest BCUT2D eigenvalue weighted by Gasteiger charge is 2.65. The van der Waals surface area contributed by atoms with Crippen molar-refractivity contribution >= 4 is 68.4 Å². The first-order chi connectivity index (χ1) is 29.3. The highest BCUT2D eigenvalue weighted by atomic mass is 32.3. The number of hydrogen-bond acceptors (Lipinski definition) is 24. The standard InChI is InChI=1S/C28H52O30S6/c1-2-3-4-5-6-7-8-9-10-11-12-13-14-15-21(30)49-18-28(26(58-64(46,47)48)23(55-61(37,38)39)20(52-28)17-50-59(31,32)33)53-27-25(57-63(43,44)45)24(56-62(40,41)42)22(19(16-29)51-27)54-60(34,35)36/h19-20,22-27,29H,2-18H2,1H3,(H,31,32,33)(H,34,35,36)(H,37,38,39)(H,40,41,42)(H,43,44,45)(H,46,47,48)/t19-,20-,22-,23-,24+,25-,26+,27-,28+/m1/s1. The Labute approximate surface area is 370 Å². The molecule has 7 N–H and O–H groups in total. The lowest BCUT2D eigenvalue weighted by Crippen LogP contribution is -2.65. The summed E-state index contributed by atoms with van der Waals surface area (Å²) in [5, 5.41) is 10.0. The number of rotatable bonds is 32. The van der Waals surface area contributed by atoms with Gasteiger partial charge in [0.25, 0.3) is 0 Å². The molecule has 64 heavy (non-hydrogen) atoms.